The van der Waals surface area contributed by atoms with Gasteiger partial charge in [-0.15, -0.1) is 0 Å². The summed E-state index contributed by atoms with van der Waals surface area (Å²) in [6, 6.07) is 63.4. The second kappa shape index (κ2) is 12.6. The molecule has 2 heteroatoms. The predicted molar refractivity (Wildman–Crippen MR) is 242 cm³/mol. The van der Waals surface area contributed by atoms with Crippen molar-refractivity contribution in [3.05, 3.63) is 181 Å². The van der Waals surface area contributed by atoms with E-state index in [1.807, 2.05) is 0 Å². The highest BCUT2D eigenvalue weighted by molar-refractivity contribution is 6.27. The van der Waals surface area contributed by atoms with Gasteiger partial charge in [0.1, 0.15) is 0 Å². The van der Waals surface area contributed by atoms with Gasteiger partial charge in [-0.1, -0.05) is 163 Å². The third-order valence-corrected chi connectivity index (χ3v) is 11.9. The topological polar surface area (TPSA) is 8.17 Å². The monoisotopic (exact) mass is 722 g/mol. The van der Waals surface area contributed by atoms with E-state index in [-0.39, 0.29) is 10.8 Å². The fourth-order valence-electron chi connectivity index (χ4n) is 8.85. The Morgan fingerprint density at radius 2 is 0.804 bits per heavy atom. The maximum Gasteiger partial charge on any atom is 0.0541 e. The van der Waals surface area contributed by atoms with Crippen LogP contribution in [-0.2, 0) is 10.8 Å². The van der Waals surface area contributed by atoms with Gasteiger partial charge in [0.2, 0.25) is 0 Å². The number of para-hydroxylation sites is 2. The largest absolute Gasteiger partial charge is 0.310 e. The zero-order chi connectivity index (χ0) is 38.3. The Hall–Kier alpha value is -6.38. The lowest BCUT2D eigenvalue weighted by atomic mass is 9.86. The van der Waals surface area contributed by atoms with Gasteiger partial charge in [0.05, 0.1) is 22.4 Å². The van der Waals surface area contributed by atoms with Gasteiger partial charge in [0.25, 0.3) is 0 Å². The first-order valence-electron chi connectivity index (χ1n) is 19.9. The van der Waals surface area contributed by atoms with Crippen molar-refractivity contribution in [2.75, 3.05) is 4.90 Å². The van der Waals surface area contributed by atoms with Crippen LogP contribution in [0.1, 0.15) is 52.7 Å². The number of nitrogens with zero attached hydrogens (tertiary/aromatic N) is 2. The molecule has 1 aromatic heterocycles. The SMILES string of the molecule is CC(C)(C)c1ccc(-c2ccc(N(c3ccc(C(C)(C)C)cc3)c3ccc4ccc5c(-n6c7ccccc7c7ccccc76)ccc6ccc3c4c65)cc2)cc1. The summed E-state index contributed by atoms with van der Waals surface area (Å²) in [5.74, 6) is 0. The first-order valence-corrected chi connectivity index (χ1v) is 19.9. The summed E-state index contributed by atoms with van der Waals surface area (Å²) in [7, 11) is 0. The normalized spacial score (nSPS) is 12.5. The Kier molecular flexibility index (Phi) is 7.67. The van der Waals surface area contributed by atoms with Crippen LogP contribution in [0.2, 0.25) is 0 Å². The van der Waals surface area contributed by atoms with Crippen LogP contribution in [0.5, 0.6) is 0 Å². The van der Waals surface area contributed by atoms with Gasteiger partial charge in [-0.2, -0.15) is 0 Å². The minimum Gasteiger partial charge on any atom is -0.310 e. The lowest BCUT2D eigenvalue weighted by molar-refractivity contribution is 0.590. The number of benzene rings is 9. The molecule has 10 rings (SSSR count). The molecule has 272 valence electrons. The molecule has 0 radical (unpaired) electrons. The van der Waals surface area contributed by atoms with Crippen LogP contribution in [0.25, 0.3) is 70.9 Å². The predicted octanol–water partition coefficient (Wildman–Crippen LogP) is 15.4. The minimum atomic E-state index is 0.0641. The standard InChI is InChI=1S/C54H46N2/c1-53(2,3)39-23-15-35(16-24-39)36-17-27-41(28-18-36)55(42-29-25-40(26-30-42)54(4,5)6)49-33-21-37-20-32-46-50(34-22-38-19-31-45(49)51(37)52(38)46)56-47-13-9-7-11-43(47)44-12-8-10-14-48(44)56/h7-34H,1-6H3. The van der Waals surface area contributed by atoms with Crippen molar-refractivity contribution in [1.82, 2.24) is 4.57 Å². The van der Waals surface area contributed by atoms with E-state index in [4.69, 9.17) is 0 Å². The molecule has 0 unspecified atom stereocenters. The molecule has 0 N–H and O–H groups in total. The van der Waals surface area contributed by atoms with E-state index in [1.165, 1.54) is 87.8 Å². The number of anilines is 3. The lowest BCUT2D eigenvalue weighted by Gasteiger charge is -2.29. The minimum absolute atomic E-state index is 0.0641. The molecule has 1 heterocycles. The van der Waals surface area contributed by atoms with Crippen LogP contribution >= 0.6 is 0 Å². The van der Waals surface area contributed by atoms with Crippen LogP contribution in [-0.4, -0.2) is 4.57 Å². The number of hydrogen-bond acceptors (Lipinski definition) is 1. The van der Waals surface area contributed by atoms with Gasteiger partial charge < -0.3 is 9.47 Å². The molecule has 0 saturated heterocycles. The number of fused-ring (bicyclic) bond motifs is 3. The Morgan fingerprint density at radius 1 is 0.375 bits per heavy atom. The fraction of sp³-hybridized carbons (Fsp3) is 0.148. The van der Waals surface area contributed by atoms with Crippen molar-refractivity contribution >= 4 is 71.2 Å². The van der Waals surface area contributed by atoms with Gasteiger partial charge in [-0.25, -0.2) is 0 Å². The molecule has 0 bridgehead atoms. The van der Waals surface area contributed by atoms with E-state index < -0.39 is 0 Å². The molecular weight excluding hydrogens is 677 g/mol. The molecule has 0 aliphatic rings. The highest BCUT2D eigenvalue weighted by atomic mass is 15.1. The summed E-state index contributed by atoms with van der Waals surface area (Å²) in [4.78, 5) is 2.44. The Labute approximate surface area is 329 Å². The second-order valence-electron chi connectivity index (χ2n) is 17.5. The molecule has 0 aliphatic carbocycles. The zero-order valence-electron chi connectivity index (χ0n) is 33.1. The third-order valence-electron chi connectivity index (χ3n) is 11.9. The van der Waals surface area contributed by atoms with Crippen molar-refractivity contribution in [3.8, 4) is 16.8 Å². The van der Waals surface area contributed by atoms with Crippen molar-refractivity contribution in [3.63, 3.8) is 0 Å². The molecule has 56 heavy (non-hydrogen) atoms. The smallest absolute Gasteiger partial charge is 0.0541 e. The maximum atomic E-state index is 2.46. The van der Waals surface area contributed by atoms with Gasteiger partial charge in [-0.05, 0) is 103 Å². The van der Waals surface area contributed by atoms with E-state index in [0.717, 1.165) is 11.4 Å². The fourth-order valence-corrected chi connectivity index (χ4v) is 8.85. The van der Waals surface area contributed by atoms with Crippen LogP contribution in [0.4, 0.5) is 17.1 Å². The molecule has 0 spiro atoms. The van der Waals surface area contributed by atoms with Gasteiger partial charge in [-0.3, -0.25) is 0 Å². The molecule has 0 fully saturated rings. The van der Waals surface area contributed by atoms with E-state index in [2.05, 4.69) is 221 Å². The van der Waals surface area contributed by atoms with Crippen molar-refractivity contribution in [1.29, 1.82) is 0 Å². The number of aromatic nitrogens is 1. The lowest BCUT2D eigenvalue weighted by Crippen LogP contribution is -2.13. The van der Waals surface area contributed by atoms with Crippen LogP contribution in [0, 0.1) is 0 Å². The summed E-state index contributed by atoms with van der Waals surface area (Å²) >= 11 is 0. The summed E-state index contributed by atoms with van der Waals surface area (Å²) in [5.41, 5.74) is 12.4. The molecule has 0 aliphatic heterocycles. The quantitative estimate of drug-likeness (QED) is 0.161. The highest BCUT2D eigenvalue weighted by Crippen LogP contribution is 2.46. The van der Waals surface area contributed by atoms with Gasteiger partial charge >= 0.3 is 0 Å². The molecule has 0 saturated carbocycles. The van der Waals surface area contributed by atoms with Crippen molar-refractivity contribution in [2.45, 2.75) is 52.4 Å². The summed E-state index contributed by atoms with van der Waals surface area (Å²) in [6.07, 6.45) is 0. The zero-order valence-corrected chi connectivity index (χ0v) is 33.1. The number of rotatable bonds is 5. The Morgan fingerprint density at radius 3 is 1.36 bits per heavy atom. The van der Waals surface area contributed by atoms with Crippen LogP contribution < -0.4 is 4.90 Å². The Bertz CT molecular complexity index is 3010. The van der Waals surface area contributed by atoms with E-state index in [9.17, 15) is 0 Å². The Balaban J connectivity index is 1.17. The van der Waals surface area contributed by atoms with Gasteiger partial charge in [0, 0.05) is 32.9 Å². The summed E-state index contributed by atoms with van der Waals surface area (Å²) < 4.78 is 2.46. The molecule has 2 nitrogen and oxygen atoms in total. The van der Waals surface area contributed by atoms with Gasteiger partial charge in [0.15, 0.2) is 0 Å². The van der Waals surface area contributed by atoms with E-state index in [1.54, 1.807) is 0 Å². The summed E-state index contributed by atoms with van der Waals surface area (Å²) in [6.45, 7) is 13.6. The molecular formula is C54H46N2. The van der Waals surface area contributed by atoms with Crippen molar-refractivity contribution < 1.29 is 0 Å². The molecule has 9 aromatic carbocycles. The third kappa shape index (κ3) is 5.46. The van der Waals surface area contributed by atoms with Crippen LogP contribution in [0.3, 0.4) is 0 Å². The van der Waals surface area contributed by atoms with Crippen molar-refractivity contribution in [2.24, 2.45) is 0 Å². The number of hydrogen-bond donors (Lipinski definition) is 0. The average molecular weight is 723 g/mol. The molecule has 10 aromatic rings. The van der Waals surface area contributed by atoms with E-state index >= 15 is 0 Å². The first-order chi connectivity index (χ1) is 27.0. The molecule has 0 amide bonds. The second-order valence-corrected chi connectivity index (χ2v) is 17.5. The highest BCUT2D eigenvalue weighted by Gasteiger charge is 2.22. The summed E-state index contributed by atoms with van der Waals surface area (Å²) in [5, 5.41) is 10.1. The molecule has 0 atom stereocenters. The maximum absolute atomic E-state index is 2.46. The average Bonchev–Trinajstić information content (AvgIpc) is 3.54. The van der Waals surface area contributed by atoms with Crippen LogP contribution in [0.15, 0.2) is 170 Å². The first kappa shape index (κ1) is 34.1. The van der Waals surface area contributed by atoms with E-state index in [0.29, 0.717) is 0 Å².